The highest BCUT2D eigenvalue weighted by Crippen LogP contribution is 2.07. The van der Waals surface area contributed by atoms with Gasteiger partial charge in [-0.3, -0.25) is 4.79 Å². The zero-order valence-corrected chi connectivity index (χ0v) is 11.7. The van der Waals surface area contributed by atoms with Gasteiger partial charge in [0, 0.05) is 13.6 Å². The molecular weight excluding hydrogens is 224 g/mol. The molecule has 0 radical (unpaired) electrons. The number of nitrogens with zero attached hydrogens (tertiary/aromatic N) is 1. The van der Waals surface area contributed by atoms with E-state index in [-0.39, 0.29) is 5.91 Å². The molecule has 1 aromatic rings. The van der Waals surface area contributed by atoms with Gasteiger partial charge in [-0.2, -0.15) is 0 Å². The number of carbonyl (C=O) groups excluding carboxylic acids is 1. The molecule has 3 nitrogen and oxygen atoms in total. The van der Waals surface area contributed by atoms with E-state index in [4.69, 9.17) is 0 Å². The summed E-state index contributed by atoms with van der Waals surface area (Å²) in [6.07, 6.45) is 2.10. The van der Waals surface area contributed by atoms with Crippen molar-refractivity contribution in [1.29, 1.82) is 0 Å². The van der Waals surface area contributed by atoms with Crippen LogP contribution in [-0.2, 0) is 17.8 Å². The van der Waals surface area contributed by atoms with Gasteiger partial charge in [0.25, 0.3) is 0 Å². The molecule has 0 unspecified atom stereocenters. The van der Waals surface area contributed by atoms with Gasteiger partial charge in [-0.05, 0) is 30.5 Å². The van der Waals surface area contributed by atoms with E-state index in [1.54, 1.807) is 4.90 Å². The molecule has 0 saturated heterocycles. The van der Waals surface area contributed by atoms with Crippen LogP contribution in [0, 0.1) is 0 Å². The van der Waals surface area contributed by atoms with E-state index in [0.717, 1.165) is 19.4 Å². The van der Waals surface area contributed by atoms with Gasteiger partial charge in [0.2, 0.25) is 5.91 Å². The summed E-state index contributed by atoms with van der Waals surface area (Å²) >= 11 is 0. The minimum atomic E-state index is 0.142. The zero-order valence-electron chi connectivity index (χ0n) is 11.7. The molecule has 1 rings (SSSR count). The molecule has 0 bridgehead atoms. The van der Waals surface area contributed by atoms with Crippen LogP contribution < -0.4 is 5.32 Å². The highest BCUT2D eigenvalue weighted by molar-refractivity contribution is 5.77. The fourth-order valence-corrected chi connectivity index (χ4v) is 1.75. The molecule has 1 amide bonds. The van der Waals surface area contributed by atoms with Crippen LogP contribution in [0.5, 0.6) is 0 Å². The Morgan fingerprint density at radius 3 is 2.33 bits per heavy atom. The molecule has 0 aliphatic carbocycles. The van der Waals surface area contributed by atoms with Crippen molar-refractivity contribution in [3.05, 3.63) is 35.4 Å². The lowest BCUT2D eigenvalue weighted by Gasteiger charge is -2.17. The van der Waals surface area contributed by atoms with Gasteiger partial charge in [-0.25, -0.2) is 0 Å². The summed E-state index contributed by atoms with van der Waals surface area (Å²) in [5.41, 5.74) is 2.51. The van der Waals surface area contributed by atoms with Crippen molar-refractivity contribution in [2.45, 2.75) is 33.2 Å². The maximum Gasteiger partial charge on any atom is 0.236 e. The van der Waals surface area contributed by atoms with Gasteiger partial charge in [0.05, 0.1) is 6.54 Å². The Morgan fingerprint density at radius 1 is 1.17 bits per heavy atom. The van der Waals surface area contributed by atoms with Gasteiger partial charge in [0.15, 0.2) is 0 Å². The lowest BCUT2D eigenvalue weighted by atomic mass is 10.1. The van der Waals surface area contributed by atoms with Crippen molar-refractivity contribution in [1.82, 2.24) is 10.2 Å². The van der Waals surface area contributed by atoms with Crippen LogP contribution in [0.3, 0.4) is 0 Å². The molecule has 100 valence electrons. The quantitative estimate of drug-likeness (QED) is 0.750. The lowest BCUT2D eigenvalue weighted by Crippen LogP contribution is -2.35. The number of amides is 1. The Hall–Kier alpha value is -1.35. The molecule has 1 N–H and O–H groups in total. The SMILES string of the molecule is CCCNCC(=O)N(C)Cc1ccc(CC)cc1. The predicted molar refractivity (Wildman–Crippen MR) is 75.5 cm³/mol. The molecule has 0 fully saturated rings. The topological polar surface area (TPSA) is 32.3 Å². The lowest BCUT2D eigenvalue weighted by molar-refractivity contribution is -0.129. The minimum Gasteiger partial charge on any atom is -0.340 e. The predicted octanol–water partition coefficient (Wildman–Crippen LogP) is 2.21. The van der Waals surface area contributed by atoms with Crippen molar-refractivity contribution in [3.63, 3.8) is 0 Å². The maximum atomic E-state index is 11.8. The molecule has 1 aromatic carbocycles. The number of hydrogen-bond acceptors (Lipinski definition) is 2. The Kier molecular flexibility index (Phi) is 6.44. The molecular formula is C15H24N2O. The van der Waals surface area contributed by atoms with Crippen LogP contribution in [-0.4, -0.2) is 30.9 Å². The van der Waals surface area contributed by atoms with Crippen molar-refractivity contribution in [2.24, 2.45) is 0 Å². The first-order valence-corrected chi connectivity index (χ1v) is 6.69. The molecule has 0 aliphatic rings. The summed E-state index contributed by atoms with van der Waals surface area (Å²) in [5, 5.41) is 3.13. The Labute approximate surface area is 110 Å². The number of hydrogen-bond donors (Lipinski definition) is 1. The molecule has 0 atom stereocenters. The fourth-order valence-electron chi connectivity index (χ4n) is 1.75. The van der Waals surface area contributed by atoms with Crippen LogP contribution >= 0.6 is 0 Å². The van der Waals surface area contributed by atoms with E-state index >= 15 is 0 Å². The third-order valence-electron chi connectivity index (χ3n) is 2.98. The minimum absolute atomic E-state index is 0.142. The summed E-state index contributed by atoms with van der Waals surface area (Å²) in [6, 6.07) is 8.45. The van der Waals surface area contributed by atoms with Crippen LogP contribution in [0.4, 0.5) is 0 Å². The molecule has 0 aliphatic heterocycles. The number of carbonyl (C=O) groups is 1. The van der Waals surface area contributed by atoms with Gasteiger partial charge in [-0.15, -0.1) is 0 Å². The number of nitrogens with one attached hydrogen (secondary N) is 1. The highest BCUT2D eigenvalue weighted by atomic mass is 16.2. The highest BCUT2D eigenvalue weighted by Gasteiger charge is 2.08. The average molecular weight is 248 g/mol. The third kappa shape index (κ3) is 4.88. The van der Waals surface area contributed by atoms with Crippen LogP contribution in [0.15, 0.2) is 24.3 Å². The first-order valence-electron chi connectivity index (χ1n) is 6.69. The van der Waals surface area contributed by atoms with Gasteiger partial charge in [-0.1, -0.05) is 38.1 Å². The van der Waals surface area contributed by atoms with E-state index in [9.17, 15) is 4.79 Å². The second-order valence-electron chi connectivity index (χ2n) is 4.60. The van der Waals surface area contributed by atoms with E-state index in [2.05, 4.69) is 43.4 Å². The van der Waals surface area contributed by atoms with Crippen molar-refractivity contribution in [3.8, 4) is 0 Å². The monoisotopic (exact) mass is 248 g/mol. The summed E-state index contributed by atoms with van der Waals surface area (Å²) in [5.74, 6) is 0.142. The first kappa shape index (κ1) is 14.7. The van der Waals surface area contributed by atoms with Crippen LogP contribution in [0.25, 0.3) is 0 Å². The van der Waals surface area contributed by atoms with Crippen molar-refractivity contribution in [2.75, 3.05) is 20.1 Å². The standard InChI is InChI=1S/C15H24N2O/c1-4-10-16-11-15(18)17(3)12-14-8-6-13(5-2)7-9-14/h6-9,16H,4-5,10-12H2,1-3H3. The second kappa shape index (κ2) is 7.88. The molecule has 0 spiro atoms. The molecule has 18 heavy (non-hydrogen) atoms. The third-order valence-corrected chi connectivity index (χ3v) is 2.98. The summed E-state index contributed by atoms with van der Waals surface area (Å²) in [6.45, 7) is 6.24. The Balaban J connectivity index is 2.42. The summed E-state index contributed by atoms with van der Waals surface area (Å²) in [7, 11) is 1.85. The normalized spacial score (nSPS) is 10.4. The zero-order chi connectivity index (χ0) is 13.4. The molecule has 3 heteroatoms. The Bertz CT molecular complexity index is 359. The van der Waals surface area contributed by atoms with E-state index in [1.807, 2.05) is 7.05 Å². The average Bonchev–Trinajstić information content (AvgIpc) is 2.39. The van der Waals surface area contributed by atoms with Crippen LogP contribution in [0.1, 0.15) is 31.4 Å². The van der Waals surface area contributed by atoms with Gasteiger partial charge >= 0.3 is 0 Å². The smallest absolute Gasteiger partial charge is 0.236 e. The van der Waals surface area contributed by atoms with Crippen LogP contribution in [0.2, 0.25) is 0 Å². The molecule has 0 heterocycles. The van der Waals surface area contributed by atoms with Gasteiger partial charge in [0.1, 0.15) is 0 Å². The van der Waals surface area contributed by atoms with Crippen molar-refractivity contribution >= 4 is 5.91 Å². The largest absolute Gasteiger partial charge is 0.340 e. The Morgan fingerprint density at radius 2 is 1.78 bits per heavy atom. The number of aryl methyl sites for hydroxylation is 1. The van der Waals surface area contributed by atoms with Gasteiger partial charge < -0.3 is 10.2 Å². The fraction of sp³-hybridized carbons (Fsp3) is 0.533. The van der Waals surface area contributed by atoms with Crippen molar-refractivity contribution < 1.29 is 4.79 Å². The summed E-state index contributed by atoms with van der Waals surface area (Å²) in [4.78, 5) is 13.6. The molecule has 0 saturated carbocycles. The number of benzene rings is 1. The van der Waals surface area contributed by atoms with E-state index in [1.165, 1.54) is 11.1 Å². The maximum absolute atomic E-state index is 11.8. The van der Waals surface area contributed by atoms with E-state index < -0.39 is 0 Å². The summed E-state index contributed by atoms with van der Waals surface area (Å²) < 4.78 is 0. The number of likely N-dealkylation sites (N-methyl/N-ethyl adjacent to an activating group) is 1. The second-order valence-corrected chi connectivity index (χ2v) is 4.60. The molecule has 0 aromatic heterocycles. The number of rotatable bonds is 7. The first-order chi connectivity index (χ1) is 8.67. The van der Waals surface area contributed by atoms with E-state index in [0.29, 0.717) is 13.1 Å².